The summed E-state index contributed by atoms with van der Waals surface area (Å²) in [6.07, 6.45) is 0.638. The lowest BCUT2D eigenvalue weighted by Gasteiger charge is -2.15. The summed E-state index contributed by atoms with van der Waals surface area (Å²) >= 11 is 3.36. The zero-order valence-electron chi connectivity index (χ0n) is 15.5. The minimum Gasteiger partial charge on any atom is -0.490 e. The number of hydrogen-bond donors (Lipinski definition) is 2. The largest absolute Gasteiger partial charge is 0.490 e. The monoisotopic (exact) mass is 454 g/mol. The van der Waals surface area contributed by atoms with Crippen LogP contribution in [0.3, 0.4) is 0 Å². The SMILES string of the molecule is CCCNS(=O)(=O)c1ccc(NC(=O)c2cc(Br)ccc2OC(C)C)cc1. The Hall–Kier alpha value is -1.90. The molecule has 2 aromatic rings. The van der Waals surface area contributed by atoms with E-state index >= 15 is 0 Å². The maximum atomic E-state index is 12.6. The predicted octanol–water partition coefficient (Wildman–Crippen LogP) is 4.18. The Kier molecular flexibility index (Phi) is 7.41. The Morgan fingerprint density at radius 2 is 1.81 bits per heavy atom. The number of halogens is 1. The first-order valence-electron chi connectivity index (χ1n) is 8.60. The maximum Gasteiger partial charge on any atom is 0.259 e. The number of carbonyl (C=O) groups excluding carboxylic acids is 1. The van der Waals surface area contributed by atoms with Crippen LogP contribution in [0.25, 0.3) is 0 Å². The normalized spacial score (nSPS) is 11.4. The lowest BCUT2D eigenvalue weighted by Crippen LogP contribution is -2.24. The fourth-order valence-corrected chi connectivity index (χ4v) is 3.77. The molecule has 0 spiro atoms. The molecule has 27 heavy (non-hydrogen) atoms. The second-order valence-electron chi connectivity index (χ2n) is 6.18. The van der Waals surface area contributed by atoms with Crippen molar-refractivity contribution in [1.82, 2.24) is 4.72 Å². The van der Waals surface area contributed by atoms with Crippen molar-refractivity contribution in [3.8, 4) is 5.75 Å². The average Bonchev–Trinajstić information content (AvgIpc) is 2.61. The van der Waals surface area contributed by atoms with Crippen LogP contribution in [0.2, 0.25) is 0 Å². The van der Waals surface area contributed by atoms with Gasteiger partial charge in [0.1, 0.15) is 5.75 Å². The quantitative estimate of drug-likeness (QED) is 0.626. The molecule has 146 valence electrons. The summed E-state index contributed by atoms with van der Waals surface area (Å²) in [5.41, 5.74) is 0.879. The van der Waals surface area contributed by atoms with E-state index in [1.54, 1.807) is 30.3 Å². The number of sulfonamides is 1. The molecular formula is C19H23BrN2O4S. The van der Waals surface area contributed by atoms with E-state index in [1.807, 2.05) is 20.8 Å². The summed E-state index contributed by atoms with van der Waals surface area (Å²) in [7, 11) is -3.53. The van der Waals surface area contributed by atoms with Gasteiger partial charge >= 0.3 is 0 Å². The first kappa shape index (κ1) is 21.4. The van der Waals surface area contributed by atoms with Gasteiger partial charge in [-0.05, 0) is 62.7 Å². The Labute approximate surface area is 168 Å². The highest BCUT2D eigenvalue weighted by Crippen LogP contribution is 2.25. The van der Waals surface area contributed by atoms with Crippen molar-refractivity contribution in [1.29, 1.82) is 0 Å². The molecule has 0 atom stereocenters. The van der Waals surface area contributed by atoms with E-state index in [2.05, 4.69) is 26.0 Å². The van der Waals surface area contributed by atoms with Crippen molar-refractivity contribution in [2.24, 2.45) is 0 Å². The van der Waals surface area contributed by atoms with Crippen LogP contribution < -0.4 is 14.8 Å². The zero-order valence-corrected chi connectivity index (χ0v) is 17.9. The van der Waals surface area contributed by atoms with Crippen LogP contribution in [-0.4, -0.2) is 27.0 Å². The fraction of sp³-hybridized carbons (Fsp3) is 0.316. The molecule has 2 aromatic carbocycles. The highest BCUT2D eigenvalue weighted by atomic mass is 79.9. The van der Waals surface area contributed by atoms with Gasteiger partial charge in [0.05, 0.1) is 16.6 Å². The molecule has 0 saturated carbocycles. The molecule has 0 radical (unpaired) electrons. The van der Waals surface area contributed by atoms with E-state index in [0.29, 0.717) is 30.0 Å². The second-order valence-corrected chi connectivity index (χ2v) is 8.87. The number of rotatable bonds is 8. The Morgan fingerprint density at radius 1 is 1.15 bits per heavy atom. The second kappa shape index (κ2) is 9.34. The molecule has 2 rings (SSSR count). The zero-order chi connectivity index (χ0) is 20.0. The topological polar surface area (TPSA) is 84.5 Å². The van der Waals surface area contributed by atoms with Gasteiger partial charge < -0.3 is 10.1 Å². The third-order valence-corrected chi connectivity index (χ3v) is 5.48. The van der Waals surface area contributed by atoms with Crippen LogP contribution in [0.4, 0.5) is 5.69 Å². The van der Waals surface area contributed by atoms with E-state index in [-0.39, 0.29) is 16.9 Å². The molecule has 0 bridgehead atoms. The van der Waals surface area contributed by atoms with Crippen LogP contribution >= 0.6 is 15.9 Å². The predicted molar refractivity (Wildman–Crippen MR) is 110 cm³/mol. The maximum absolute atomic E-state index is 12.6. The molecule has 0 aliphatic carbocycles. The minimum absolute atomic E-state index is 0.0714. The number of carbonyl (C=O) groups is 1. The van der Waals surface area contributed by atoms with Crippen molar-refractivity contribution in [3.63, 3.8) is 0 Å². The van der Waals surface area contributed by atoms with E-state index in [0.717, 1.165) is 4.47 Å². The molecule has 0 aromatic heterocycles. The highest BCUT2D eigenvalue weighted by Gasteiger charge is 2.16. The summed E-state index contributed by atoms with van der Waals surface area (Å²) in [5, 5.41) is 2.77. The van der Waals surface area contributed by atoms with Gasteiger partial charge in [0.15, 0.2) is 0 Å². The van der Waals surface area contributed by atoms with Gasteiger partial charge in [-0.25, -0.2) is 13.1 Å². The standard InChI is InChI=1S/C19H23BrN2O4S/c1-4-11-21-27(24,25)16-8-6-15(7-9-16)22-19(23)17-12-14(20)5-10-18(17)26-13(2)3/h5-10,12-13,21H,4,11H2,1-3H3,(H,22,23). The first-order valence-corrected chi connectivity index (χ1v) is 10.9. The summed E-state index contributed by atoms with van der Waals surface area (Å²) in [5.74, 6) is 0.139. The molecule has 1 amide bonds. The molecule has 0 saturated heterocycles. The number of benzene rings is 2. The van der Waals surface area contributed by atoms with E-state index in [4.69, 9.17) is 4.74 Å². The molecule has 0 aliphatic heterocycles. The fourth-order valence-electron chi connectivity index (χ4n) is 2.27. The van der Waals surface area contributed by atoms with Gasteiger partial charge in [0, 0.05) is 16.7 Å². The summed E-state index contributed by atoms with van der Waals surface area (Å²) in [6.45, 7) is 6.04. The number of hydrogen-bond acceptors (Lipinski definition) is 4. The Bertz CT molecular complexity index is 896. The van der Waals surface area contributed by atoms with Gasteiger partial charge in [-0.1, -0.05) is 22.9 Å². The van der Waals surface area contributed by atoms with Crippen molar-refractivity contribution in [2.45, 2.75) is 38.2 Å². The van der Waals surface area contributed by atoms with E-state index < -0.39 is 10.0 Å². The lowest BCUT2D eigenvalue weighted by atomic mass is 10.1. The number of amides is 1. The third kappa shape index (κ3) is 6.05. The summed E-state index contributed by atoms with van der Waals surface area (Å²) < 4.78 is 33.2. The molecule has 6 nitrogen and oxygen atoms in total. The van der Waals surface area contributed by atoms with Gasteiger partial charge in [-0.2, -0.15) is 0 Å². The third-order valence-electron chi connectivity index (χ3n) is 3.51. The Balaban J connectivity index is 2.18. The van der Waals surface area contributed by atoms with Gasteiger partial charge in [-0.15, -0.1) is 0 Å². The smallest absolute Gasteiger partial charge is 0.259 e. The van der Waals surface area contributed by atoms with E-state index in [1.165, 1.54) is 12.1 Å². The lowest BCUT2D eigenvalue weighted by molar-refractivity contribution is 0.102. The van der Waals surface area contributed by atoms with Crippen LogP contribution in [0.15, 0.2) is 51.8 Å². The minimum atomic E-state index is -3.53. The summed E-state index contributed by atoms with van der Waals surface area (Å²) in [4.78, 5) is 12.8. The molecule has 0 heterocycles. The molecule has 0 fully saturated rings. The van der Waals surface area contributed by atoms with Crippen LogP contribution in [0.1, 0.15) is 37.6 Å². The van der Waals surface area contributed by atoms with Crippen molar-refractivity contribution in [2.75, 3.05) is 11.9 Å². The van der Waals surface area contributed by atoms with Gasteiger partial charge in [0.25, 0.3) is 5.91 Å². The molecular weight excluding hydrogens is 432 g/mol. The average molecular weight is 455 g/mol. The number of nitrogens with one attached hydrogen (secondary N) is 2. The van der Waals surface area contributed by atoms with Gasteiger partial charge in [0.2, 0.25) is 10.0 Å². The van der Waals surface area contributed by atoms with Crippen molar-refractivity contribution in [3.05, 3.63) is 52.5 Å². The van der Waals surface area contributed by atoms with Crippen LogP contribution in [-0.2, 0) is 10.0 Å². The van der Waals surface area contributed by atoms with Gasteiger partial charge in [-0.3, -0.25) is 4.79 Å². The number of anilines is 1. The van der Waals surface area contributed by atoms with Crippen LogP contribution in [0, 0.1) is 0 Å². The van der Waals surface area contributed by atoms with E-state index in [9.17, 15) is 13.2 Å². The summed E-state index contributed by atoms with van der Waals surface area (Å²) in [6, 6.07) is 11.2. The first-order chi connectivity index (χ1) is 12.7. The molecule has 8 heteroatoms. The number of ether oxygens (including phenoxy) is 1. The Morgan fingerprint density at radius 3 is 2.41 bits per heavy atom. The van der Waals surface area contributed by atoms with Crippen LogP contribution in [0.5, 0.6) is 5.75 Å². The van der Waals surface area contributed by atoms with Crippen molar-refractivity contribution < 1.29 is 17.9 Å². The van der Waals surface area contributed by atoms with Crippen molar-refractivity contribution >= 4 is 37.5 Å². The molecule has 0 aliphatic rings. The highest BCUT2D eigenvalue weighted by molar-refractivity contribution is 9.10. The molecule has 2 N–H and O–H groups in total. The molecule has 0 unspecified atom stereocenters.